The monoisotopic (exact) mass is 398 g/mol. The zero-order valence-corrected chi connectivity index (χ0v) is 17.2. The van der Waals surface area contributed by atoms with E-state index >= 15 is 0 Å². The SMILES string of the molecule is COc1ccc2cc(-c3[nH]ncc3CN3CCCC[C@H]3c3ccccn3)ccc2c1. The molecule has 2 aromatic heterocycles. The summed E-state index contributed by atoms with van der Waals surface area (Å²) < 4.78 is 5.35. The van der Waals surface area contributed by atoms with Crippen LogP contribution in [0, 0.1) is 0 Å². The van der Waals surface area contributed by atoms with Crippen LogP contribution in [0.25, 0.3) is 22.0 Å². The number of pyridine rings is 1. The summed E-state index contributed by atoms with van der Waals surface area (Å²) in [6.07, 6.45) is 7.51. The van der Waals surface area contributed by atoms with Gasteiger partial charge in [0.1, 0.15) is 5.75 Å². The van der Waals surface area contributed by atoms with Crippen molar-refractivity contribution in [1.82, 2.24) is 20.1 Å². The average molecular weight is 399 g/mol. The molecule has 5 rings (SSSR count). The van der Waals surface area contributed by atoms with Gasteiger partial charge < -0.3 is 4.74 Å². The summed E-state index contributed by atoms with van der Waals surface area (Å²) >= 11 is 0. The summed E-state index contributed by atoms with van der Waals surface area (Å²) in [6.45, 7) is 1.96. The highest BCUT2D eigenvalue weighted by atomic mass is 16.5. The van der Waals surface area contributed by atoms with Gasteiger partial charge in [0.05, 0.1) is 30.7 Å². The molecule has 1 aliphatic rings. The van der Waals surface area contributed by atoms with Crippen molar-refractivity contribution in [1.29, 1.82) is 0 Å². The number of piperidine rings is 1. The van der Waals surface area contributed by atoms with Crippen molar-refractivity contribution in [2.45, 2.75) is 31.8 Å². The third-order valence-electron chi connectivity index (χ3n) is 6.07. The molecule has 0 bridgehead atoms. The number of benzene rings is 2. The Labute approximate surface area is 176 Å². The molecule has 1 aliphatic heterocycles. The number of ether oxygens (including phenoxy) is 1. The molecule has 1 saturated heterocycles. The molecule has 0 saturated carbocycles. The first kappa shape index (κ1) is 18.8. The Morgan fingerprint density at radius 3 is 2.83 bits per heavy atom. The summed E-state index contributed by atoms with van der Waals surface area (Å²) in [5.74, 6) is 0.878. The fraction of sp³-hybridized carbons (Fsp3) is 0.280. The van der Waals surface area contributed by atoms with Gasteiger partial charge in [-0.05, 0) is 60.5 Å². The van der Waals surface area contributed by atoms with E-state index in [0.717, 1.165) is 36.5 Å². The molecule has 1 fully saturated rings. The van der Waals surface area contributed by atoms with Gasteiger partial charge in [-0.25, -0.2) is 0 Å². The predicted octanol–water partition coefficient (Wildman–Crippen LogP) is 5.36. The van der Waals surface area contributed by atoms with E-state index in [1.54, 1.807) is 7.11 Å². The van der Waals surface area contributed by atoms with Crippen LogP contribution in [0.2, 0.25) is 0 Å². The number of rotatable bonds is 5. The second-order valence-corrected chi connectivity index (χ2v) is 7.93. The number of nitrogens with one attached hydrogen (secondary N) is 1. The molecule has 0 radical (unpaired) electrons. The van der Waals surface area contributed by atoms with E-state index in [1.807, 2.05) is 24.5 Å². The highest BCUT2D eigenvalue weighted by Crippen LogP contribution is 2.33. The number of methoxy groups -OCH3 is 1. The predicted molar refractivity (Wildman–Crippen MR) is 119 cm³/mol. The van der Waals surface area contributed by atoms with Gasteiger partial charge in [0.2, 0.25) is 0 Å². The summed E-state index contributed by atoms with van der Waals surface area (Å²) in [5.41, 5.74) is 4.65. The Morgan fingerprint density at radius 2 is 1.97 bits per heavy atom. The van der Waals surface area contributed by atoms with Gasteiger partial charge in [-0.1, -0.05) is 30.7 Å². The van der Waals surface area contributed by atoms with Crippen LogP contribution >= 0.6 is 0 Å². The van der Waals surface area contributed by atoms with Crippen molar-refractivity contribution >= 4 is 10.8 Å². The van der Waals surface area contributed by atoms with Crippen LogP contribution in [0.3, 0.4) is 0 Å². The molecule has 30 heavy (non-hydrogen) atoms. The lowest BCUT2D eigenvalue weighted by Crippen LogP contribution is -2.33. The lowest BCUT2D eigenvalue weighted by atomic mass is 9.97. The highest BCUT2D eigenvalue weighted by molar-refractivity contribution is 5.88. The van der Waals surface area contributed by atoms with Gasteiger partial charge >= 0.3 is 0 Å². The van der Waals surface area contributed by atoms with Crippen molar-refractivity contribution in [3.8, 4) is 17.0 Å². The van der Waals surface area contributed by atoms with Crippen LogP contribution in [0.1, 0.15) is 36.6 Å². The molecule has 1 atom stereocenters. The van der Waals surface area contributed by atoms with Crippen molar-refractivity contribution < 1.29 is 4.74 Å². The van der Waals surface area contributed by atoms with Crippen molar-refractivity contribution in [3.05, 3.63) is 78.2 Å². The summed E-state index contributed by atoms with van der Waals surface area (Å²) in [4.78, 5) is 7.18. The molecule has 0 spiro atoms. The molecule has 5 nitrogen and oxygen atoms in total. The molecular formula is C25H26N4O. The fourth-order valence-electron chi connectivity index (χ4n) is 4.49. The maximum atomic E-state index is 5.35. The molecule has 0 amide bonds. The molecule has 3 heterocycles. The smallest absolute Gasteiger partial charge is 0.119 e. The van der Waals surface area contributed by atoms with E-state index in [9.17, 15) is 0 Å². The number of aromatic nitrogens is 3. The number of aromatic amines is 1. The lowest BCUT2D eigenvalue weighted by Gasteiger charge is -2.35. The first-order chi connectivity index (χ1) is 14.8. The minimum absolute atomic E-state index is 0.367. The standard InChI is InChI=1S/C25H26N4O/c1-30-22-11-10-18-14-20(9-8-19(18)15-22)25-21(16-27-28-25)17-29-13-5-3-7-24(29)23-6-2-4-12-26-23/h2,4,6,8-12,14-16,24H,3,5,7,13,17H2,1H3,(H,27,28)/t24-/m0/s1. The topological polar surface area (TPSA) is 54.0 Å². The van der Waals surface area contributed by atoms with Crippen LogP contribution in [0.15, 0.2) is 67.0 Å². The van der Waals surface area contributed by atoms with Gasteiger partial charge in [-0.2, -0.15) is 5.10 Å². The highest BCUT2D eigenvalue weighted by Gasteiger charge is 2.26. The number of hydrogen-bond acceptors (Lipinski definition) is 4. The molecule has 0 aliphatic carbocycles. The Balaban J connectivity index is 1.44. The Hall–Kier alpha value is -3.18. The maximum absolute atomic E-state index is 5.35. The van der Waals surface area contributed by atoms with E-state index < -0.39 is 0 Å². The zero-order chi connectivity index (χ0) is 20.3. The van der Waals surface area contributed by atoms with E-state index in [0.29, 0.717) is 6.04 Å². The van der Waals surface area contributed by atoms with E-state index in [4.69, 9.17) is 4.74 Å². The van der Waals surface area contributed by atoms with Crippen molar-refractivity contribution in [2.75, 3.05) is 13.7 Å². The van der Waals surface area contributed by atoms with E-state index in [-0.39, 0.29) is 0 Å². The quantitative estimate of drug-likeness (QED) is 0.492. The number of hydrogen-bond donors (Lipinski definition) is 1. The summed E-state index contributed by atoms with van der Waals surface area (Å²) in [7, 11) is 1.70. The fourth-order valence-corrected chi connectivity index (χ4v) is 4.49. The van der Waals surface area contributed by atoms with Crippen molar-refractivity contribution in [3.63, 3.8) is 0 Å². The Morgan fingerprint density at radius 1 is 1.07 bits per heavy atom. The van der Waals surface area contributed by atoms with Crippen LogP contribution in [0.5, 0.6) is 5.75 Å². The number of nitrogens with zero attached hydrogens (tertiary/aromatic N) is 3. The molecule has 152 valence electrons. The van der Waals surface area contributed by atoms with Gasteiger partial charge in [0.25, 0.3) is 0 Å². The zero-order valence-electron chi connectivity index (χ0n) is 17.2. The van der Waals surface area contributed by atoms with Crippen LogP contribution < -0.4 is 4.74 Å². The average Bonchev–Trinajstić information content (AvgIpc) is 3.27. The van der Waals surface area contributed by atoms with Gasteiger partial charge in [-0.3, -0.25) is 15.0 Å². The largest absolute Gasteiger partial charge is 0.497 e. The maximum Gasteiger partial charge on any atom is 0.119 e. The molecule has 2 aromatic carbocycles. The van der Waals surface area contributed by atoms with E-state index in [1.165, 1.54) is 34.9 Å². The molecular weight excluding hydrogens is 372 g/mol. The van der Waals surface area contributed by atoms with Crippen LogP contribution in [-0.4, -0.2) is 33.7 Å². The Kier molecular flexibility index (Phi) is 5.20. The first-order valence-corrected chi connectivity index (χ1v) is 10.6. The number of likely N-dealkylation sites (tertiary alicyclic amines) is 1. The molecule has 4 aromatic rings. The molecule has 1 N–H and O–H groups in total. The van der Waals surface area contributed by atoms with Gasteiger partial charge in [0, 0.05) is 23.9 Å². The normalized spacial score (nSPS) is 17.3. The van der Waals surface area contributed by atoms with E-state index in [2.05, 4.69) is 62.5 Å². The first-order valence-electron chi connectivity index (χ1n) is 10.6. The summed E-state index contributed by atoms with van der Waals surface area (Å²) in [5, 5.41) is 9.98. The van der Waals surface area contributed by atoms with Crippen molar-refractivity contribution in [2.24, 2.45) is 0 Å². The summed E-state index contributed by atoms with van der Waals surface area (Å²) in [6, 6.07) is 19.3. The molecule has 5 heteroatoms. The van der Waals surface area contributed by atoms with Gasteiger partial charge in [0.15, 0.2) is 0 Å². The molecule has 0 unspecified atom stereocenters. The van der Waals surface area contributed by atoms with Crippen LogP contribution in [-0.2, 0) is 6.54 Å². The Bertz CT molecular complexity index is 1140. The van der Waals surface area contributed by atoms with Crippen LogP contribution in [0.4, 0.5) is 0 Å². The minimum Gasteiger partial charge on any atom is -0.497 e. The third kappa shape index (κ3) is 3.68. The second kappa shape index (κ2) is 8.28. The third-order valence-corrected chi connectivity index (χ3v) is 6.07. The van der Waals surface area contributed by atoms with Gasteiger partial charge in [-0.15, -0.1) is 0 Å². The lowest BCUT2D eigenvalue weighted by molar-refractivity contribution is 0.137. The second-order valence-electron chi connectivity index (χ2n) is 7.93. The number of H-pyrrole nitrogens is 1. The minimum atomic E-state index is 0.367. The number of fused-ring (bicyclic) bond motifs is 1.